The Kier molecular flexibility index (Phi) is 4.40. The molecule has 0 spiro atoms. The molecule has 1 aliphatic heterocycles. The zero-order chi connectivity index (χ0) is 12.1. The van der Waals surface area contributed by atoms with E-state index in [0.29, 0.717) is 6.54 Å². The third-order valence-corrected chi connectivity index (χ3v) is 4.09. The van der Waals surface area contributed by atoms with Crippen molar-refractivity contribution in [3.63, 3.8) is 0 Å². The molecule has 1 atom stereocenters. The van der Waals surface area contributed by atoms with Crippen LogP contribution in [0.4, 0.5) is 0 Å². The number of carbonyl (C=O) groups excluding carboxylic acids is 1. The van der Waals surface area contributed by atoms with Gasteiger partial charge in [-0.3, -0.25) is 4.79 Å². The molecule has 1 unspecified atom stereocenters. The Morgan fingerprint density at radius 3 is 2.53 bits per heavy atom. The lowest BCUT2D eigenvalue weighted by atomic mass is 9.91. The van der Waals surface area contributed by atoms with Crippen LogP contribution in [-0.4, -0.2) is 30.6 Å². The van der Waals surface area contributed by atoms with Crippen LogP contribution in [0.25, 0.3) is 0 Å². The Morgan fingerprint density at radius 1 is 1.24 bits per heavy atom. The van der Waals surface area contributed by atoms with Crippen LogP contribution in [0.2, 0.25) is 0 Å². The maximum Gasteiger partial charge on any atom is 0.237 e. The summed E-state index contributed by atoms with van der Waals surface area (Å²) in [6.07, 6.45) is 9.14. The lowest BCUT2D eigenvalue weighted by molar-refractivity contribution is -0.123. The zero-order valence-electron chi connectivity index (χ0n) is 10.6. The second-order valence-electron chi connectivity index (χ2n) is 5.64. The molecule has 4 heteroatoms. The molecule has 98 valence electrons. The summed E-state index contributed by atoms with van der Waals surface area (Å²) in [5.41, 5.74) is 6.21. The van der Waals surface area contributed by atoms with Crippen LogP contribution >= 0.6 is 0 Å². The first-order chi connectivity index (χ1) is 8.20. The van der Waals surface area contributed by atoms with E-state index in [2.05, 4.69) is 10.6 Å². The number of hydrogen-bond acceptors (Lipinski definition) is 3. The fourth-order valence-electron chi connectivity index (χ4n) is 2.90. The van der Waals surface area contributed by atoms with Crippen molar-refractivity contribution in [2.45, 2.75) is 62.9 Å². The van der Waals surface area contributed by atoms with Crippen LogP contribution < -0.4 is 16.4 Å². The highest BCUT2D eigenvalue weighted by molar-refractivity contribution is 5.82. The Bertz CT molecular complexity index is 253. The lowest BCUT2D eigenvalue weighted by Gasteiger charge is -2.28. The highest BCUT2D eigenvalue weighted by atomic mass is 16.2. The van der Waals surface area contributed by atoms with E-state index in [1.54, 1.807) is 0 Å². The summed E-state index contributed by atoms with van der Waals surface area (Å²) in [6.45, 7) is 1.61. The monoisotopic (exact) mass is 239 g/mol. The summed E-state index contributed by atoms with van der Waals surface area (Å²) in [7, 11) is 0. The van der Waals surface area contributed by atoms with Gasteiger partial charge in [0.05, 0.1) is 6.04 Å². The fourth-order valence-corrected chi connectivity index (χ4v) is 2.90. The highest BCUT2D eigenvalue weighted by Crippen LogP contribution is 2.24. The first-order valence-corrected chi connectivity index (χ1v) is 7.00. The molecule has 1 saturated heterocycles. The molecule has 0 aromatic rings. The van der Waals surface area contributed by atoms with Crippen LogP contribution in [0, 0.1) is 0 Å². The predicted octanol–water partition coefficient (Wildman–Crippen LogP) is 0.906. The van der Waals surface area contributed by atoms with Gasteiger partial charge in [0.2, 0.25) is 5.91 Å². The minimum Gasteiger partial charge on any atom is -0.353 e. The lowest BCUT2D eigenvalue weighted by Crippen LogP contribution is -2.52. The van der Waals surface area contributed by atoms with E-state index in [-0.39, 0.29) is 17.5 Å². The van der Waals surface area contributed by atoms with Gasteiger partial charge in [0.25, 0.3) is 0 Å². The molecule has 1 heterocycles. The minimum absolute atomic E-state index is 0.0179. The molecule has 1 aliphatic carbocycles. The first kappa shape index (κ1) is 12.8. The van der Waals surface area contributed by atoms with Gasteiger partial charge in [0, 0.05) is 12.1 Å². The van der Waals surface area contributed by atoms with E-state index in [0.717, 1.165) is 32.2 Å². The number of rotatable bonds is 3. The van der Waals surface area contributed by atoms with Gasteiger partial charge in [-0.1, -0.05) is 25.7 Å². The molecule has 0 aromatic carbocycles. The van der Waals surface area contributed by atoms with Crippen LogP contribution in [0.1, 0.15) is 51.4 Å². The normalized spacial score (nSPS) is 28.6. The van der Waals surface area contributed by atoms with Crippen molar-refractivity contribution in [2.75, 3.05) is 13.1 Å². The summed E-state index contributed by atoms with van der Waals surface area (Å²) >= 11 is 0. The van der Waals surface area contributed by atoms with E-state index < -0.39 is 0 Å². The Hall–Kier alpha value is -0.610. The summed E-state index contributed by atoms with van der Waals surface area (Å²) < 4.78 is 0. The van der Waals surface area contributed by atoms with Gasteiger partial charge < -0.3 is 16.4 Å². The largest absolute Gasteiger partial charge is 0.353 e. The third-order valence-electron chi connectivity index (χ3n) is 4.09. The van der Waals surface area contributed by atoms with Gasteiger partial charge in [-0.15, -0.1) is 0 Å². The second kappa shape index (κ2) is 5.83. The van der Waals surface area contributed by atoms with Crippen molar-refractivity contribution in [3.05, 3.63) is 0 Å². The summed E-state index contributed by atoms with van der Waals surface area (Å²) in [5, 5.41) is 6.25. The number of nitrogens with one attached hydrogen (secondary N) is 2. The van der Waals surface area contributed by atoms with E-state index >= 15 is 0 Å². The number of carbonyl (C=O) groups is 1. The van der Waals surface area contributed by atoms with Crippen LogP contribution in [0.5, 0.6) is 0 Å². The minimum atomic E-state index is -0.162. The second-order valence-corrected chi connectivity index (χ2v) is 5.64. The number of amides is 1. The van der Waals surface area contributed by atoms with E-state index in [1.165, 1.54) is 25.7 Å². The van der Waals surface area contributed by atoms with Gasteiger partial charge in [-0.2, -0.15) is 0 Å². The number of hydrogen-bond donors (Lipinski definition) is 3. The maximum absolute atomic E-state index is 11.9. The van der Waals surface area contributed by atoms with Crippen molar-refractivity contribution in [2.24, 2.45) is 5.73 Å². The molecule has 4 N–H and O–H groups in total. The SMILES string of the molecule is NC1(CNC(=O)C2CCCN2)CCCCCC1. The molecular formula is C13H25N3O. The van der Waals surface area contributed by atoms with Crippen molar-refractivity contribution in [3.8, 4) is 0 Å². The topological polar surface area (TPSA) is 67.1 Å². The first-order valence-electron chi connectivity index (χ1n) is 7.00. The molecule has 0 aromatic heterocycles. The van der Waals surface area contributed by atoms with Crippen LogP contribution in [0.3, 0.4) is 0 Å². The predicted molar refractivity (Wildman–Crippen MR) is 68.7 cm³/mol. The quantitative estimate of drug-likeness (QED) is 0.641. The zero-order valence-corrected chi connectivity index (χ0v) is 10.6. The molecule has 2 aliphatic rings. The summed E-state index contributed by atoms with van der Waals surface area (Å²) in [4.78, 5) is 11.9. The molecule has 17 heavy (non-hydrogen) atoms. The fraction of sp³-hybridized carbons (Fsp3) is 0.923. The van der Waals surface area contributed by atoms with Crippen molar-refractivity contribution in [1.29, 1.82) is 0 Å². The third kappa shape index (κ3) is 3.68. The highest BCUT2D eigenvalue weighted by Gasteiger charge is 2.28. The molecule has 2 rings (SSSR count). The van der Waals surface area contributed by atoms with Crippen molar-refractivity contribution < 1.29 is 4.79 Å². The molecule has 1 saturated carbocycles. The van der Waals surface area contributed by atoms with Gasteiger partial charge in [-0.25, -0.2) is 0 Å². The van der Waals surface area contributed by atoms with Crippen molar-refractivity contribution in [1.82, 2.24) is 10.6 Å². The van der Waals surface area contributed by atoms with Crippen molar-refractivity contribution >= 4 is 5.91 Å². The van der Waals surface area contributed by atoms with E-state index in [4.69, 9.17) is 5.73 Å². The van der Waals surface area contributed by atoms with E-state index in [9.17, 15) is 4.79 Å². The Balaban J connectivity index is 1.77. The van der Waals surface area contributed by atoms with Gasteiger partial charge in [0.15, 0.2) is 0 Å². The van der Waals surface area contributed by atoms with Gasteiger partial charge >= 0.3 is 0 Å². The molecule has 1 amide bonds. The molecular weight excluding hydrogens is 214 g/mol. The molecule has 0 radical (unpaired) electrons. The average molecular weight is 239 g/mol. The summed E-state index contributed by atoms with van der Waals surface area (Å²) in [6, 6.07) is 0.0179. The van der Waals surface area contributed by atoms with Gasteiger partial charge in [0.1, 0.15) is 0 Å². The molecule has 0 bridgehead atoms. The van der Waals surface area contributed by atoms with Crippen LogP contribution in [-0.2, 0) is 4.79 Å². The maximum atomic E-state index is 11.9. The summed E-state index contributed by atoms with van der Waals surface area (Å²) in [5.74, 6) is 0.136. The molecule has 2 fully saturated rings. The van der Waals surface area contributed by atoms with Crippen LogP contribution in [0.15, 0.2) is 0 Å². The smallest absolute Gasteiger partial charge is 0.237 e. The number of nitrogens with two attached hydrogens (primary N) is 1. The Morgan fingerprint density at radius 2 is 1.94 bits per heavy atom. The molecule has 4 nitrogen and oxygen atoms in total. The van der Waals surface area contributed by atoms with E-state index in [1.807, 2.05) is 0 Å². The average Bonchev–Trinajstić information content (AvgIpc) is 2.77. The Labute approximate surface area is 104 Å². The standard InChI is InChI=1S/C13H25N3O/c14-13(7-3-1-2-4-8-13)10-16-12(17)11-6-5-9-15-11/h11,15H,1-10,14H2,(H,16,17). The van der Waals surface area contributed by atoms with Gasteiger partial charge in [-0.05, 0) is 32.2 Å².